The lowest BCUT2D eigenvalue weighted by molar-refractivity contribution is -0.385. The third kappa shape index (κ3) is 3.09. The van der Waals surface area contributed by atoms with Crippen LogP contribution in [0.2, 0.25) is 0 Å². The van der Waals surface area contributed by atoms with E-state index >= 15 is 0 Å². The molecule has 3 aliphatic rings. The molecule has 0 spiro atoms. The highest BCUT2D eigenvalue weighted by Crippen LogP contribution is 2.58. The van der Waals surface area contributed by atoms with Crippen LogP contribution in [0.15, 0.2) is 66.3 Å². The van der Waals surface area contributed by atoms with Crippen molar-refractivity contribution in [3.63, 3.8) is 0 Å². The quantitative estimate of drug-likeness (QED) is 0.177. The maximum atomic E-state index is 13.4. The molecular formula is C25H20N2O6. The number of imide groups is 1. The first-order valence-corrected chi connectivity index (χ1v) is 10.6. The zero-order valence-electron chi connectivity index (χ0n) is 17.9. The minimum atomic E-state index is -0.705. The van der Waals surface area contributed by atoms with Gasteiger partial charge in [0.15, 0.2) is 0 Å². The molecule has 4 atom stereocenters. The van der Waals surface area contributed by atoms with E-state index in [1.54, 1.807) is 0 Å². The molecule has 1 saturated carbocycles. The van der Waals surface area contributed by atoms with E-state index in [0.717, 1.165) is 34.6 Å². The summed E-state index contributed by atoms with van der Waals surface area (Å²) in [6, 6.07) is 13.6. The van der Waals surface area contributed by atoms with Gasteiger partial charge in [0.25, 0.3) is 0 Å². The number of esters is 1. The first-order chi connectivity index (χ1) is 15.8. The lowest BCUT2D eigenvalue weighted by Crippen LogP contribution is -2.33. The van der Waals surface area contributed by atoms with Crippen molar-refractivity contribution in [3.8, 4) is 5.75 Å². The predicted octanol–water partition coefficient (Wildman–Crippen LogP) is 3.92. The maximum Gasteiger partial charge on any atom is 0.313 e. The van der Waals surface area contributed by atoms with Crippen LogP contribution in [0.4, 0.5) is 11.4 Å². The summed E-state index contributed by atoms with van der Waals surface area (Å²) in [6.07, 6.45) is 3.99. The number of nitrogens with zero attached hydrogens (tertiary/aromatic N) is 2. The van der Waals surface area contributed by atoms with E-state index in [2.05, 4.69) is 0 Å². The second-order valence-electron chi connectivity index (χ2n) is 8.45. The molecule has 2 bridgehead atoms. The van der Waals surface area contributed by atoms with E-state index in [0.29, 0.717) is 0 Å². The lowest BCUT2D eigenvalue weighted by Gasteiger charge is -2.20. The number of carbonyl (C=O) groups is 3. The minimum Gasteiger partial charge on any atom is -0.419 e. The van der Waals surface area contributed by atoms with Crippen molar-refractivity contribution in [2.75, 3.05) is 4.90 Å². The van der Waals surface area contributed by atoms with Gasteiger partial charge in [-0.2, -0.15) is 0 Å². The summed E-state index contributed by atoms with van der Waals surface area (Å²) >= 11 is 0. The van der Waals surface area contributed by atoms with E-state index in [9.17, 15) is 24.5 Å². The van der Waals surface area contributed by atoms with Crippen molar-refractivity contribution in [2.45, 2.75) is 13.8 Å². The summed E-state index contributed by atoms with van der Waals surface area (Å²) in [5.74, 6) is -3.11. The Hall–Kier alpha value is -4.07. The molecule has 2 fully saturated rings. The molecule has 1 saturated heterocycles. The summed E-state index contributed by atoms with van der Waals surface area (Å²) in [5, 5.41) is 11.5. The standard InChI is InChI=1S/C25H20N2O6/c1-13(15-6-4-3-5-7-15)21-17-9-10-18(21)23-22(17)24(29)26(25(23)30)16-8-11-20(33-14(2)28)19(12-16)27(31)32/h3-12,17-18,22-23H,1-2H3/t17-,18-,22+,23+/m0/s1. The van der Waals surface area contributed by atoms with Crippen molar-refractivity contribution in [3.05, 3.63) is 81.9 Å². The Labute approximate surface area is 189 Å². The number of anilines is 1. The van der Waals surface area contributed by atoms with Crippen LogP contribution in [0.25, 0.3) is 5.57 Å². The molecule has 0 aromatic heterocycles. The van der Waals surface area contributed by atoms with Gasteiger partial charge in [-0.3, -0.25) is 24.5 Å². The second kappa shape index (κ2) is 7.51. The molecule has 0 N–H and O–H groups in total. The molecule has 1 heterocycles. The number of nitro groups is 1. The first kappa shape index (κ1) is 20.8. The molecule has 2 amide bonds. The summed E-state index contributed by atoms with van der Waals surface area (Å²) < 4.78 is 4.89. The van der Waals surface area contributed by atoms with Gasteiger partial charge >= 0.3 is 11.7 Å². The van der Waals surface area contributed by atoms with Crippen LogP contribution in [0.3, 0.4) is 0 Å². The molecule has 0 radical (unpaired) electrons. The van der Waals surface area contributed by atoms with Crippen molar-refractivity contribution in [1.82, 2.24) is 0 Å². The van der Waals surface area contributed by atoms with Crippen molar-refractivity contribution < 1.29 is 24.0 Å². The molecular weight excluding hydrogens is 424 g/mol. The van der Waals surface area contributed by atoms with E-state index in [1.165, 1.54) is 12.1 Å². The number of amides is 2. The highest BCUT2D eigenvalue weighted by molar-refractivity contribution is 6.23. The zero-order chi connectivity index (χ0) is 23.4. The van der Waals surface area contributed by atoms with Crippen LogP contribution in [0.5, 0.6) is 5.75 Å². The third-order valence-corrected chi connectivity index (χ3v) is 6.71. The molecule has 1 aliphatic heterocycles. The molecule has 2 aliphatic carbocycles. The van der Waals surface area contributed by atoms with Gasteiger partial charge < -0.3 is 4.74 Å². The molecule has 8 nitrogen and oxygen atoms in total. The monoisotopic (exact) mass is 444 g/mol. The van der Waals surface area contributed by atoms with Gasteiger partial charge in [0.05, 0.1) is 22.4 Å². The van der Waals surface area contributed by atoms with Crippen LogP contribution >= 0.6 is 0 Å². The van der Waals surface area contributed by atoms with Crippen molar-refractivity contribution in [1.29, 1.82) is 0 Å². The van der Waals surface area contributed by atoms with Crippen LogP contribution < -0.4 is 9.64 Å². The van der Waals surface area contributed by atoms with Crippen LogP contribution in [0, 0.1) is 33.8 Å². The Morgan fingerprint density at radius 1 is 0.970 bits per heavy atom. The Morgan fingerprint density at radius 2 is 1.58 bits per heavy atom. The molecule has 33 heavy (non-hydrogen) atoms. The Balaban J connectivity index is 1.52. The fourth-order valence-electron chi connectivity index (χ4n) is 5.40. The van der Waals surface area contributed by atoms with Crippen LogP contribution in [0.1, 0.15) is 19.4 Å². The summed E-state index contributed by atoms with van der Waals surface area (Å²) in [5.41, 5.74) is 2.83. The minimum absolute atomic E-state index is 0.103. The van der Waals surface area contributed by atoms with Gasteiger partial charge in [-0.25, -0.2) is 4.90 Å². The van der Waals surface area contributed by atoms with Gasteiger partial charge in [-0.1, -0.05) is 48.1 Å². The number of rotatable bonds is 4. The normalized spacial score (nSPS) is 24.9. The largest absolute Gasteiger partial charge is 0.419 e. The predicted molar refractivity (Wildman–Crippen MR) is 119 cm³/mol. The summed E-state index contributed by atoms with van der Waals surface area (Å²) in [7, 11) is 0. The highest BCUT2D eigenvalue weighted by Gasteiger charge is 2.62. The molecule has 2 aromatic carbocycles. The van der Waals surface area contributed by atoms with Crippen LogP contribution in [-0.2, 0) is 14.4 Å². The SMILES string of the molecule is CC(=O)Oc1ccc(N2C(=O)[C@H]3[C@H](C2=O)[C@H]2C=C[C@H]3C2=C(C)c2ccccc2)cc1[N+](=O)[O-]. The molecule has 166 valence electrons. The fraction of sp³-hybridized carbons (Fsp3) is 0.240. The van der Waals surface area contributed by atoms with Gasteiger partial charge in [0, 0.05) is 24.8 Å². The number of ether oxygens (including phenoxy) is 1. The zero-order valence-corrected chi connectivity index (χ0v) is 17.9. The molecule has 5 rings (SSSR count). The van der Waals surface area contributed by atoms with Crippen molar-refractivity contribution in [2.24, 2.45) is 23.7 Å². The molecule has 8 heteroatoms. The van der Waals surface area contributed by atoms with Crippen LogP contribution in [-0.4, -0.2) is 22.7 Å². The smallest absolute Gasteiger partial charge is 0.313 e. The number of carbonyl (C=O) groups excluding carboxylic acids is 3. The fourth-order valence-corrected chi connectivity index (χ4v) is 5.40. The van der Waals surface area contributed by atoms with Gasteiger partial charge in [-0.15, -0.1) is 0 Å². The Bertz CT molecular complexity index is 1250. The second-order valence-corrected chi connectivity index (χ2v) is 8.45. The van der Waals surface area contributed by atoms with E-state index in [4.69, 9.17) is 4.74 Å². The third-order valence-electron chi connectivity index (χ3n) is 6.71. The Kier molecular flexibility index (Phi) is 4.74. The highest BCUT2D eigenvalue weighted by atomic mass is 16.6. The topological polar surface area (TPSA) is 107 Å². The summed E-state index contributed by atoms with van der Waals surface area (Å²) in [4.78, 5) is 50.0. The van der Waals surface area contributed by atoms with E-state index in [1.807, 2.05) is 49.4 Å². The first-order valence-electron chi connectivity index (χ1n) is 10.6. The Morgan fingerprint density at radius 3 is 2.12 bits per heavy atom. The van der Waals surface area contributed by atoms with Crippen molar-refractivity contribution >= 4 is 34.7 Å². The maximum absolute atomic E-state index is 13.4. The van der Waals surface area contributed by atoms with Gasteiger partial charge in [-0.05, 0) is 30.2 Å². The number of fused-ring (bicyclic) bond motifs is 5. The summed E-state index contributed by atoms with van der Waals surface area (Å²) in [6.45, 7) is 3.15. The molecule has 2 aromatic rings. The van der Waals surface area contributed by atoms with E-state index in [-0.39, 0.29) is 35.1 Å². The number of hydrogen-bond acceptors (Lipinski definition) is 6. The number of hydrogen-bond donors (Lipinski definition) is 0. The molecule has 0 unspecified atom stereocenters. The number of benzene rings is 2. The average molecular weight is 444 g/mol. The van der Waals surface area contributed by atoms with Gasteiger partial charge in [0.1, 0.15) is 0 Å². The van der Waals surface area contributed by atoms with Gasteiger partial charge in [0.2, 0.25) is 17.6 Å². The van der Waals surface area contributed by atoms with E-state index < -0.39 is 28.4 Å². The number of nitro benzene ring substituents is 1. The average Bonchev–Trinajstić information content (AvgIpc) is 3.43. The lowest BCUT2D eigenvalue weighted by atomic mass is 9.85. The number of allylic oxidation sites excluding steroid dienone is 4.